The standard InChI is InChI=1S/C21H39N3O2/c1-15(2)19(22)12-13-24(3)21(26)17-8-10-18(11-9-17)23-20(25)14-16-6-4-5-7-16/h15-19H,4-14,22H2,1-3H3,(H,23,25). The first kappa shape index (κ1) is 21.2. The summed E-state index contributed by atoms with van der Waals surface area (Å²) in [5.74, 6) is 1.61. The monoisotopic (exact) mass is 365 g/mol. The lowest BCUT2D eigenvalue weighted by Gasteiger charge is -2.31. The number of hydrogen-bond acceptors (Lipinski definition) is 3. The molecule has 1 atom stereocenters. The predicted molar refractivity (Wildman–Crippen MR) is 106 cm³/mol. The largest absolute Gasteiger partial charge is 0.353 e. The highest BCUT2D eigenvalue weighted by atomic mass is 16.2. The molecule has 0 radical (unpaired) electrons. The molecule has 3 N–H and O–H groups in total. The molecule has 0 spiro atoms. The van der Waals surface area contributed by atoms with E-state index >= 15 is 0 Å². The van der Waals surface area contributed by atoms with Gasteiger partial charge in [0.25, 0.3) is 0 Å². The molecule has 2 fully saturated rings. The zero-order chi connectivity index (χ0) is 19.1. The molecule has 0 heterocycles. The predicted octanol–water partition coefficient (Wildman–Crippen LogP) is 3.07. The van der Waals surface area contributed by atoms with Crippen LogP contribution in [0.5, 0.6) is 0 Å². The lowest BCUT2D eigenvalue weighted by Crippen LogP contribution is -2.42. The van der Waals surface area contributed by atoms with Crippen molar-refractivity contribution in [1.82, 2.24) is 10.2 Å². The first-order valence-corrected chi connectivity index (χ1v) is 10.7. The molecule has 0 aromatic rings. The first-order valence-electron chi connectivity index (χ1n) is 10.7. The lowest BCUT2D eigenvalue weighted by atomic mass is 9.85. The van der Waals surface area contributed by atoms with Crippen molar-refractivity contribution in [3.05, 3.63) is 0 Å². The van der Waals surface area contributed by atoms with Gasteiger partial charge in [-0.25, -0.2) is 0 Å². The summed E-state index contributed by atoms with van der Waals surface area (Å²) in [6.45, 7) is 4.97. The van der Waals surface area contributed by atoms with Crippen LogP contribution in [0, 0.1) is 17.8 Å². The van der Waals surface area contributed by atoms with Crippen molar-refractivity contribution in [1.29, 1.82) is 0 Å². The molecule has 0 aromatic carbocycles. The summed E-state index contributed by atoms with van der Waals surface area (Å²) in [7, 11) is 1.89. The van der Waals surface area contributed by atoms with Gasteiger partial charge in [0.15, 0.2) is 0 Å². The zero-order valence-electron chi connectivity index (χ0n) is 17.0. The molecule has 2 aliphatic rings. The lowest BCUT2D eigenvalue weighted by molar-refractivity contribution is -0.135. The van der Waals surface area contributed by atoms with E-state index in [1.807, 2.05) is 11.9 Å². The number of carbonyl (C=O) groups is 2. The first-order chi connectivity index (χ1) is 12.4. The molecule has 5 nitrogen and oxygen atoms in total. The fourth-order valence-corrected chi connectivity index (χ4v) is 4.35. The van der Waals surface area contributed by atoms with E-state index in [-0.39, 0.29) is 29.8 Å². The van der Waals surface area contributed by atoms with E-state index in [9.17, 15) is 9.59 Å². The van der Waals surface area contributed by atoms with E-state index in [1.54, 1.807) is 0 Å². The second-order valence-electron chi connectivity index (χ2n) is 8.93. The van der Waals surface area contributed by atoms with Crippen molar-refractivity contribution in [2.45, 2.75) is 90.1 Å². The van der Waals surface area contributed by atoms with Gasteiger partial charge in [-0.3, -0.25) is 9.59 Å². The van der Waals surface area contributed by atoms with E-state index < -0.39 is 0 Å². The van der Waals surface area contributed by atoms with Gasteiger partial charge < -0.3 is 16.0 Å². The molecule has 0 saturated heterocycles. The van der Waals surface area contributed by atoms with Crippen molar-refractivity contribution >= 4 is 11.8 Å². The molecule has 0 aliphatic heterocycles. The number of nitrogens with one attached hydrogen (secondary N) is 1. The SMILES string of the molecule is CC(C)C(N)CCN(C)C(=O)C1CCC(NC(=O)CC2CCCC2)CC1. The molecule has 0 bridgehead atoms. The van der Waals surface area contributed by atoms with Gasteiger partial charge in [-0.2, -0.15) is 0 Å². The summed E-state index contributed by atoms with van der Waals surface area (Å²) in [5, 5.41) is 3.21. The zero-order valence-corrected chi connectivity index (χ0v) is 17.0. The van der Waals surface area contributed by atoms with Crippen LogP contribution in [0.2, 0.25) is 0 Å². The molecule has 2 saturated carbocycles. The molecule has 1 unspecified atom stereocenters. The van der Waals surface area contributed by atoms with Gasteiger partial charge in [0.05, 0.1) is 0 Å². The third-order valence-corrected chi connectivity index (χ3v) is 6.42. The van der Waals surface area contributed by atoms with Gasteiger partial charge in [0.2, 0.25) is 11.8 Å². The van der Waals surface area contributed by atoms with Gasteiger partial charge in [-0.05, 0) is 56.8 Å². The summed E-state index contributed by atoms with van der Waals surface area (Å²) in [5.41, 5.74) is 6.09. The fourth-order valence-electron chi connectivity index (χ4n) is 4.35. The molecular weight excluding hydrogens is 326 g/mol. The molecule has 150 valence electrons. The minimum atomic E-state index is 0.109. The Balaban J connectivity index is 1.66. The maximum absolute atomic E-state index is 12.6. The summed E-state index contributed by atoms with van der Waals surface area (Å²) in [6, 6.07) is 0.406. The van der Waals surface area contributed by atoms with Crippen LogP contribution in [0.1, 0.15) is 78.1 Å². The molecular formula is C21H39N3O2. The number of nitrogens with two attached hydrogens (primary N) is 1. The fraction of sp³-hybridized carbons (Fsp3) is 0.905. The number of carbonyl (C=O) groups excluding carboxylic acids is 2. The van der Waals surface area contributed by atoms with E-state index in [2.05, 4.69) is 19.2 Å². The minimum Gasteiger partial charge on any atom is -0.353 e. The number of rotatable bonds is 8. The molecule has 2 aliphatic carbocycles. The Morgan fingerprint density at radius 2 is 1.69 bits per heavy atom. The van der Waals surface area contributed by atoms with Gasteiger partial charge in [-0.15, -0.1) is 0 Å². The van der Waals surface area contributed by atoms with Gasteiger partial charge >= 0.3 is 0 Å². The van der Waals surface area contributed by atoms with Crippen molar-refractivity contribution in [3.8, 4) is 0 Å². The maximum atomic E-state index is 12.6. The van der Waals surface area contributed by atoms with Crippen LogP contribution in [0.15, 0.2) is 0 Å². The minimum absolute atomic E-state index is 0.109. The number of amides is 2. The van der Waals surface area contributed by atoms with Crippen LogP contribution in [0.3, 0.4) is 0 Å². The van der Waals surface area contributed by atoms with Crippen molar-refractivity contribution < 1.29 is 9.59 Å². The Hall–Kier alpha value is -1.10. The molecule has 5 heteroatoms. The molecule has 2 amide bonds. The van der Waals surface area contributed by atoms with E-state index in [4.69, 9.17) is 5.73 Å². The molecule has 0 aromatic heterocycles. The van der Waals surface area contributed by atoms with Crippen LogP contribution in [-0.2, 0) is 9.59 Å². The van der Waals surface area contributed by atoms with Crippen molar-refractivity contribution in [2.24, 2.45) is 23.5 Å². The second-order valence-corrected chi connectivity index (χ2v) is 8.93. The Kier molecular flexibility index (Phi) is 8.39. The number of nitrogens with zero attached hydrogens (tertiary/aromatic N) is 1. The van der Waals surface area contributed by atoms with E-state index in [0.29, 0.717) is 18.3 Å². The highest BCUT2D eigenvalue weighted by molar-refractivity contribution is 5.79. The quantitative estimate of drug-likeness (QED) is 0.694. The van der Waals surface area contributed by atoms with Crippen LogP contribution in [-0.4, -0.2) is 42.4 Å². The highest BCUT2D eigenvalue weighted by Crippen LogP contribution is 2.29. The van der Waals surface area contributed by atoms with Gasteiger partial charge in [0.1, 0.15) is 0 Å². The highest BCUT2D eigenvalue weighted by Gasteiger charge is 2.29. The van der Waals surface area contributed by atoms with Crippen molar-refractivity contribution in [3.63, 3.8) is 0 Å². The Morgan fingerprint density at radius 1 is 1.08 bits per heavy atom. The molecule has 26 heavy (non-hydrogen) atoms. The average molecular weight is 366 g/mol. The Bertz CT molecular complexity index is 452. The van der Waals surface area contributed by atoms with E-state index in [1.165, 1.54) is 25.7 Å². The van der Waals surface area contributed by atoms with Crippen molar-refractivity contribution in [2.75, 3.05) is 13.6 Å². The Morgan fingerprint density at radius 3 is 2.27 bits per heavy atom. The van der Waals surface area contributed by atoms with Gasteiger partial charge in [-0.1, -0.05) is 26.7 Å². The molecule has 2 rings (SSSR count). The van der Waals surface area contributed by atoms with E-state index in [0.717, 1.165) is 38.6 Å². The van der Waals surface area contributed by atoms with Gasteiger partial charge in [0, 0.05) is 38.0 Å². The summed E-state index contributed by atoms with van der Waals surface area (Å²) in [4.78, 5) is 26.7. The third kappa shape index (κ3) is 6.57. The Labute approximate surface area is 159 Å². The van der Waals surface area contributed by atoms with Crippen LogP contribution in [0.25, 0.3) is 0 Å². The summed E-state index contributed by atoms with van der Waals surface area (Å²) < 4.78 is 0. The van der Waals surface area contributed by atoms with Crippen LogP contribution in [0.4, 0.5) is 0 Å². The second kappa shape index (κ2) is 10.3. The van der Waals surface area contributed by atoms with Crippen LogP contribution < -0.4 is 11.1 Å². The normalized spacial score (nSPS) is 25.3. The third-order valence-electron chi connectivity index (χ3n) is 6.42. The maximum Gasteiger partial charge on any atom is 0.225 e. The number of hydrogen-bond donors (Lipinski definition) is 2. The summed E-state index contributed by atoms with van der Waals surface area (Å²) in [6.07, 6.45) is 10.1. The smallest absolute Gasteiger partial charge is 0.225 e. The topological polar surface area (TPSA) is 75.4 Å². The average Bonchev–Trinajstić information content (AvgIpc) is 3.12. The van der Waals surface area contributed by atoms with Crippen LogP contribution >= 0.6 is 0 Å². The summed E-state index contributed by atoms with van der Waals surface area (Å²) >= 11 is 0.